The van der Waals surface area contributed by atoms with Gasteiger partial charge in [0.25, 0.3) is 5.91 Å². The maximum Gasteiger partial charge on any atom is 0.321 e. The topological polar surface area (TPSA) is 71.1 Å². The van der Waals surface area contributed by atoms with Gasteiger partial charge < -0.3 is 24.6 Å². The Bertz CT molecular complexity index is 996. The summed E-state index contributed by atoms with van der Waals surface area (Å²) in [5.74, 6) is -0.561. The lowest BCUT2D eigenvalue weighted by Gasteiger charge is -2.37. The quantitative estimate of drug-likeness (QED) is 0.753. The van der Waals surface area contributed by atoms with Crippen LogP contribution in [0.3, 0.4) is 0 Å². The number of anilines is 2. The smallest absolute Gasteiger partial charge is 0.321 e. The Morgan fingerprint density at radius 1 is 1.07 bits per heavy atom. The molecule has 0 aromatic heterocycles. The van der Waals surface area contributed by atoms with Crippen LogP contribution in [0.2, 0.25) is 0 Å². The van der Waals surface area contributed by atoms with Gasteiger partial charge in [-0.15, -0.1) is 0 Å². The molecule has 0 unspecified atom stereocenters. The number of nitrogens with one attached hydrogen (secondary N) is 1. The molecule has 0 radical (unpaired) electrons. The van der Waals surface area contributed by atoms with Crippen molar-refractivity contribution in [3.63, 3.8) is 0 Å². The molecular weight excluding hydrogens is 402 g/mol. The summed E-state index contributed by atoms with van der Waals surface area (Å²) in [6.45, 7) is 2.41. The Kier molecular flexibility index (Phi) is 4.92. The highest BCUT2D eigenvalue weighted by Gasteiger charge is 2.40. The van der Waals surface area contributed by atoms with Gasteiger partial charge in [0.2, 0.25) is 0 Å². The van der Waals surface area contributed by atoms with Gasteiger partial charge in [-0.3, -0.25) is 4.79 Å². The third-order valence-electron chi connectivity index (χ3n) is 5.84. The molecular formula is C22H23N3O4S. The number of rotatable bonds is 1. The SMILES string of the molecule is CN1C(=O)c2ccccc2Sc2ccc(NC(=O)N3CCC4(CC3)OCCO4)cc21. The van der Waals surface area contributed by atoms with Gasteiger partial charge in [0.1, 0.15) is 0 Å². The molecule has 30 heavy (non-hydrogen) atoms. The van der Waals surface area contributed by atoms with Crippen LogP contribution >= 0.6 is 11.8 Å². The van der Waals surface area contributed by atoms with E-state index in [1.165, 1.54) is 0 Å². The Labute approximate surface area is 179 Å². The second kappa shape index (κ2) is 7.61. The lowest BCUT2D eigenvalue weighted by molar-refractivity contribution is -0.181. The molecule has 2 aromatic carbocycles. The normalized spacial score (nSPS) is 20.0. The molecule has 3 amide bonds. The van der Waals surface area contributed by atoms with Crippen molar-refractivity contribution >= 4 is 35.1 Å². The number of benzene rings is 2. The highest BCUT2D eigenvalue weighted by atomic mass is 32.2. The minimum Gasteiger partial charge on any atom is -0.347 e. The van der Waals surface area contributed by atoms with Gasteiger partial charge in [-0.1, -0.05) is 23.9 Å². The van der Waals surface area contributed by atoms with Crippen LogP contribution in [0.5, 0.6) is 0 Å². The first kappa shape index (κ1) is 19.4. The van der Waals surface area contributed by atoms with Crippen molar-refractivity contribution in [2.24, 2.45) is 0 Å². The van der Waals surface area contributed by atoms with Crippen molar-refractivity contribution in [3.8, 4) is 0 Å². The van der Waals surface area contributed by atoms with Crippen molar-refractivity contribution in [2.45, 2.75) is 28.4 Å². The summed E-state index contributed by atoms with van der Waals surface area (Å²) in [7, 11) is 1.76. The van der Waals surface area contributed by atoms with Gasteiger partial charge in [0, 0.05) is 48.5 Å². The van der Waals surface area contributed by atoms with Gasteiger partial charge in [-0.05, 0) is 30.3 Å². The van der Waals surface area contributed by atoms with Crippen LogP contribution in [0.4, 0.5) is 16.2 Å². The minimum absolute atomic E-state index is 0.0572. The Morgan fingerprint density at radius 3 is 2.57 bits per heavy atom. The molecule has 2 aromatic rings. The summed E-state index contributed by atoms with van der Waals surface area (Å²) < 4.78 is 11.5. The van der Waals surface area contributed by atoms with Crippen LogP contribution in [-0.2, 0) is 9.47 Å². The van der Waals surface area contributed by atoms with Crippen molar-refractivity contribution < 1.29 is 19.1 Å². The summed E-state index contributed by atoms with van der Waals surface area (Å²) >= 11 is 1.56. The molecule has 0 atom stereocenters. The summed E-state index contributed by atoms with van der Waals surface area (Å²) in [5.41, 5.74) is 2.13. The number of fused-ring (bicyclic) bond motifs is 2. The number of likely N-dealkylation sites (tertiary alicyclic amines) is 1. The second-order valence-electron chi connectivity index (χ2n) is 7.67. The van der Waals surface area contributed by atoms with Gasteiger partial charge in [0.05, 0.1) is 24.5 Å². The molecule has 0 saturated carbocycles. The van der Waals surface area contributed by atoms with E-state index in [1.807, 2.05) is 42.5 Å². The Morgan fingerprint density at radius 2 is 1.80 bits per heavy atom. The first-order valence-electron chi connectivity index (χ1n) is 10.1. The zero-order valence-corrected chi connectivity index (χ0v) is 17.5. The van der Waals surface area contributed by atoms with E-state index in [0.717, 1.165) is 15.5 Å². The van der Waals surface area contributed by atoms with Crippen LogP contribution in [0.1, 0.15) is 23.2 Å². The fourth-order valence-corrected chi connectivity index (χ4v) is 5.21. The highest BCUT2D eigenvalue weighted by molar-refractivity contribution is 7.99. The van der Waals surface area contributed by atoms with Crippen molar-refractivity contribution in [1.82, 2.24) is 4.90 Å². The zero-order valence-electron chi connectivity index (χ0n) is 16.7. The lowest BCUT2D eigenvalue weighted by Crippen LogP contribution is -2.48. The predicted molar refractivity (Wildman–Crippen MR) is 114 cm³/mol. The van der Waals surface area contributed by atoms with Crippen LogP contribution < -0.4 is 10.2 Å². The molecule has 8 heteroatoms. The predicted octanol–water partition coefficient (Wildman–Crippen LogP) is 3.80. The summed E-state index contributed by atoms with van der Waals surface area (Å²) in [6.07, 6.45) is 1.35. The second-order valence-corrected chi connectivity index (χ2v) is 8.75. The molecule has 3 aliphatic heterocycles. The number of urea groups is 1. The first-order chi connectivity index (χ1) is 14.5. The number of nitrogens with zero attached hydrogens (tertiary/aromatic N) is 2. The molecule has 7 nitrogen and oxygen atoms in total. The summed E-state index contributed by atoms with van der Waals surface area (Å²) in [5, 5.41) is 2.98. The van der Waals surface area contributed by atoms with Gasteiger partial charge in [-0.25, -0.2) is 4.79 Å². The van der Waals surface area contributed by atoms with Gasteiger partial charge in [-0.2, -0.15) is 0 Å². The molecule has 2 fully saturated rings. The Balaban J connectivity index is 1.31. The average Bonchev–Trinajstić information content (AvgIpc) is 3.18. The maximum absolute atomic E-state index is 12.9. The van der Waals surface area contributed by atoms with E-state index in [2.05, 4.69) is 5.32 Å². The molecule has 1 N–H and O–H groups in total. The molecule has 0 aliphatic carbocycles. The number of carbonyl (C=O) groups excluding carboxylic acids is 2. The summed E-state index contributed by atoms with van der Waals surface area (Å²) in [4.78, 5) is 31.0. The summed E-state index contributed by atoms with van der Waals surface area (Å²) in [6, 6.07) is 13.1. The van der Waals surface area contributed by atoms with E-state index in [0.29, 0.717) is 50.4 Å². The Hall–Kier alpha value is -2.55. The molecule has 5 rings (SSSR count). The van der Waals surface area contributed by atoms with Gasteiger partial charge >= 0.3 is 6.03 Å². The standard InChI is InChI=1S/C22H23N3O4S/c1-24-17-14-15(6-7-19(17)30-18-5-3-2-4-16(18)20(24)26)23-21(27)25-10-8-22(9-11-25)28-12-13-29-22/h2-7,14H,8-13H2,1H3,(H,23,27). The van der Waals surface area contributed by atoms with E-state index in [-0.39, 0.29) is 11.9 Å². The third kappa shape index (κ3) is 3.45. The van der Waals surface area contributed by atoms with Crippen LogP contribution in [0.15, 0.2) is 52.3 Å². The minimum atomic E-state index is -0.504. The first-order valence-corrected chi connectivity index (χ1v) is 10.9. The van der Waals surface area contributed by atoms with Crippen LogP contribution in [-0.4, -0.2) is 56.0 Å². The third-order valence-corrected chi connectivity index (χ3v) is 6.98. The number of amides is 3. The number of piperidine rings is 1. The van der Waals surface area contributed by atoms with E-state index < -0.39 is 5.79 Å². The van der Waals surface area contributed by atoms with Crippen molar-refractivity contribution in [3.05, 3.63) is 48.0 Å². The maximum atomic E-state index is 12.9. The van der Waals surface area contributed by atoms with Crippen LogP contribution in [0.25, 0.3) is 0 Å². The zero-order chi connectivity index (χ0) is 20.7. The number of hydrogen-bond acceptors (Lipinski definition) is 5. The monoisotopic (exact) mass is 425 g/mol. The fourth-order valence-electron chi connectivity index (χ4n) is 4.12. The number of hydrogen-bond donors (Lipinski definition) is 1. The van der Waals surface area contributed by atoms with Crippen LogP contribution in [0, 0.1) is 0 Å². The molecule has 156 valence electrons. The van der Waals surface area contributed by atoms with Gasteiger partial charge in [0.15, 0.2) is 5.79 Å². The van der Waals surface area contributed by atoms with E-state index >= 15 is 0 Å². The highest BCUT2D eigenvalue weighted by Crippen LogP contribution is 2.42. The van der Waals surface area contributed by atoms with Crippen molar-refractivity contribution in [1.29, 1.82) is 0 Å². The van der Waals surface area contributed by atoms with Crippen molar-refractivity contribution in [2.75, 3.05) is 43.6 Å². The molecule has 0 bridgehead atoms. The fraction of sp³-hybridized carbons (Fsp3) is 0.364. The number of carbonyl (C=O) groups is 2. The molecule has 3 heterocycles. The lowest BCUT2D eigenvalue weighted by atomic mass is 10.0. The average molecular weight is 426 g/mol. The number of ether oxygens (including phenoxy) is 2. The van der Waals surface area contributed by atoms with E-state index in [9.17, 15) is 9.59 Å². The van der Waals surface area contributed by atoms with E-state index in [4.69, 9.17) is 9.47 Å². The largest absolute Gasteiger partial charge is 0.347 e. The van der Waals surface area contributed by atoms with E-state index in [1.54, 1.807) is 28.6 Å². The molecule has 1 spiro atoms. The molecule has 2 saturated heterocycles. The molecule has 3 aliphatic rings.